The zero-order chi connectivity index (χ0) is 17.1. The second-order valence-electron chi connectivity index (χ2n) is 8.88. The van der Waals surface area contributed by atoms with Crippen molar-refractivity contribution in [1.82, 2.24) is 5.32 Å². The Morgan fingerprint density at radius 3 is 2.79 bits per heavy atom. The van der Waals surface area contributed by atoms with E-state index < -0.39 is 0 Å². The quantitative estimate of drug-likeness (QED) is 0.816. The van der Waals surface area contributed by atoms with Crippen LogP contribution in [-0.4, -0.2) is 29.8 Å². The molecule has 0 bridgehead atoms. The van der Waals surface area contributed by atoms with Gasteiger partial charge in [-0.05, 0) is 62.2 Å². The number of piperidine rings is 1. The minimum Gasteiger partial charge on any atom is -0.395 e. The van der Waals surface area contributed by atoms with Crippen LogP contribution >= 0.6 is 0 Å². The highest BCUT2D eigenvalue weighted by Crippen LogP contribution is 2.64. The first-order valence-corrected chi connectivity index (χ1v) is 9.52. The zero-order valence-electron chi connectivity index (χ0n) is 14.8. The number of carbonyl (C=O) groups is 2. The summed E-state index contributed by atoms with van der Waals surface area (Å²) in [6.45, 7) is 5.09. The Kier molecular flexibility index (Phi) is 3.68. The SMILES string of the molecule is CC(=O)[C@H]1CC[C@H]2[C@@H]3CNC4=CC(=O)CC[C@]4(CO)[C@H]3CC[C@]12C. The summed E-state index contributed by atoms with van der Waals surface area (Å²) in [5.41, 5.74) is 0.843. The Morgan fingerprint density at radius 2 is 2.08 bits per heavy atom. The van der Waals surface area contributed by atoms with E-state index in [4.69, 9.17) is 0 Å². The van der Waals surface area contributed by atoms with Crippen LogP contribution in [0.4, 0.5) is 0 Å². The molecule has 3 aliphatic carbocycles. The molecule has 4 rings (SSSR count). The lowest BCUT2D eigenvalue weighted by Crippen LogP contribution is -2.59. The van der Waals surface area contributed by atoms with Crippen molar-refractivity contribution in [1.29, 1.82) is 0 Å². The molecule has 0 radical (unpaired) electrons. The highest BCUT2D eigenvalue weighted by Gasteiger charge is 2.60. The third-order valence-corrected chi connectivity index (χ3v) is 8.11. The zero-order valence-corrected chi connectivity index (χ0v) is 14.8. The molecule has 0 spiro atoms. The van der Waals surface area contributed by atoms with Gasteiger partial charge in [-0.1, -0.05) is 6.92 Å². The number of aliphatic hydroxyl groups excluding tert-OH is 1. The largest absolute Gasteiger partial charge is 0.395 e. The number of ketones is 2. The minimum atomic E-state index is -0.257. The Balaban J connectivity index is 1.69. The summed E-state index contributed by atoms with van der Waals surface area (Å²) in [6.07, 6.45) is 7.35. The molecule has 4 heteroatoms. The third kappa shape index (κ3) is 2.01. The summed E-state index contributed by atoms with van der Waals surface area (Å²) in [4.78, 5) is 24.0. The highest BCUT2D eigenvalue weighted by molar-refractivity contribution is 5.91. The first kappa shape index (κ1) is 16.3. The van der Waals surface area contributed by atoms with E-state index in [0.717, 1.165) is 44.3 Å². The number of nitrogens with one attached hydrogen (secondary N) is 1. The number of aliphatic hydroxyl groups is 1. The predicted molar refractivity (Wildman–Crippen MR) is 91.1 cm³/mol. The van der Waals surface area contributed by atoms with Crippen molar-refractivity contribution in [3.05, 3.63) is 11.8 Å². The number of carbonyl (C=O) groups excluding carboxylic acids is 2. The molecular weight excluding hydrogens is 302 g/mol. The van der Waals surface area contributed by atoms with Crippen molar-refractivity contribution < 1.29 is 14.7 Å². The topological polar surface area (TPSA) is 66.4 Å². The first-order valence-electron chi connectivity index (χ1n) is 9.52. The summed E-state index contributed by atoms with van der Waals surface area (Å²) in [5, 5.41) is 13.8. The molecule has 2 N–H and O–H groups in total. The van der Waals surface area contributed by atoms with Crippen LogP contribution in [0.15, 0.2) is 11.8 Å². The number of rotatable bonds is 2. The van der Waals surface area contributed by atoms with Crippen molar-refractivity contribution in [2.45, 2.75) is 52.4 Å². The Labute approximate surface area is 144 Å². The van der Waals surface area contributed by atoms with E-state index >= 15 is 0 Å². The van der Waals surface area contributed by atoms with Crippen molar-refractivity contribution in [2.24, 2.45) is 34.5 Å². The van der Waals surface area contributed by atoms with E-state index in [0.29, 0.717) is 30.0 Å². The molecule has 0 amide bonds. The Bertz CT molecular complexity index is 612. The van der Waals surface area contributed by atoms with E-state index in [-0.39, 0.29) is 29.1 Å². The van der Waals surface area contributed by atoms with E-state index in [1.165, 1.54) is 0 Å². The number of Topliss-reactive ketones (excluding diaryl/α,β-unsaturated/α-hetero) is 1. The van der Waals surface area contributed by atoms with Gasteiger partial charge in [0.2, 0.25) is 0 Å². The van der Waals surface area contributed by atoms with Crippen LogP contribution in [0.2, 0.25) is 0 Å². The van der Waals surface area contributed by atoms with Crippen LogP contribution in [0.5, 0.6) is 0 Å². The third-order valence-electron chi connectivity index (χ3n) is 8.11. The smallest absolute Gasteiger partial charge is 0.157 e. The van der Waals surface area contributed by atoms with Gasteiger partial charge in [0.05, 0.1) is 6.61 Å². The molecule has 0 aromatic rings. The van der Waals surface area contributed by atoms with Gasteiger partial charge in [-0.2, -0.15) is 0 Å². The average Bonchev–Trinajstić information content (AvgIpc) is 2.91. The molecule has 1 aliphatic heterocycles. The first-order chi connectivity index (χ1) is 11.4. The van der Waals surface area contributed by atoms with Crippen molar-refractivity contribution in [2.75, 3.05) is 13.2 Å². The fraction of sp³-hybridized carbons (Fsp3) is 0.800. The lowest BCUT2D eigenvalue weighted by atomic mass is 9.49. The summed E-state index contributed by atoms with van der Waals surface area (Å²) in [6, 6.07) is 0. The standard InChI is InChI=1S/C20H29NO3/c1-12(23)15-3-4-16-14-10-21-18-9-13(24)5-8-20(18,11-22)17(14)6-7-19(15,16)2/h9,14-17,21-22H,3-8,10-11H2,1-2H3/t14-,15+,16-,17-,19+,20-/m0/s1. The maximum absolute atomic E-state index is 12.1. The van der Waals surface area contributed by atoms with E-state index in [2.05, 4.69) is 12.2 Å². The van der Waals surface area contributed by atoms with Gasteiger partial charge in [0.1, 0.15) is 5.78 Å². The second kappa shape index (κ2) is 5.42. The van der Waals surface area contributed by atoms with Crippen LogP contribution in [0.1, 0.15) is 52.4 Å². The maximum Gasteiger partial charge on any atom is 0.157 e. The van der Waals surface area contributed by atoms with Gasteiger partial charge in [-0.3, -0.25) is 9.59 Å². The molecule has 3 fully saturated rings. The van der Waals surface area contributed by atoms with Gasteiger partial charge < -0.3 is 10.4 Å². The molecule has 6 atom stereocenters. The molecule has 2 saturated carbocycles. The number of fused-ring (bicyclic) bond motifs is 5. The highest BCUT2D eigenvalue weighted by atomic mass is 16.3. The van der Waals surface area contributed by atoms with E-state index in [1.54, 1.807) is 13.0 Å². The summed E-state index contributed by atoms with van der Waals surface area (Å²) >= 11 is 0. The average molecular weight is 331 g/mol. The molecule has 24 heavy (non-hydrogen) atoms. The molecule has 0 aromatic heterocycles. The lowest BCUT2D eigenvalue weighted by molar-refractivity contribution is -0.129. The molecule has 4 aliphatic rings. The van der Waals surface area contributed by atoms with Gasteiger partial charge in [0.25, 0.3) is 0 Å². The molecule has 1 heterocycles. The minimum absolute atomic E-state index is 0.122. The van der Waals surface area contributed by atoms with E-state index in [1.807, 2.05) is 0 Å². The number of hydrogen-bond acceptors (Lipinski definition) is 4. The molecule has 0 unspecified atom stereocenters. The molecule has 132 valence electrons. The van der Waals surface area contributed by atoms with E-state index in [9.17, 15) is 14.7 Å². The molecular formula is C20H29NO3. The number of allylic oxidation sites excluding steroid dienone is 1. The summed E-state index contributed by atoms with van der Waals surface area (Å²) < 4.78 is 0. The van der Waals surface area contributed by atoms with Gasteiger partial charge in [0, 0.05) is 36.1 Å². The monoisotopic (exact) mass is 331 g/mol. The van der Waals surface area contributed by atoms with Crippen LogP contribution in [0.3, 0.4) is 0 Å². The van der Waals surface area contributed by atoms with Gasteiger partial charge in [-0.25, -0.2) is 0 Å². The lowest BCUT2D eigenvalue weighted by Gasteiger charge is -2.58. The molecule has 4 nitrogen and oxygen atoms in total. The van der Waals surface area contributed by atoms with Gasteiger partial charge >= 0.3 is 0 Å². The van der Waals surface area contributed by atoms with Crippen molar-refractivity contribution in [3.8, 4) is 0 Å². The van der Waals surface area contributed by atoms with Gasteiger partial charge in [-0.15, -0.1) is 0 Å². The Hall–Kier alpha value is -1.16. The fourth-order valence-corrected chi connectivity index (χ4v) is 6.91. The van der Waals surface area contributed by atoms with Crippen LogP contribution in [-0.2, 0) is 9.59 Å². The summed E-state index contributed by atoms with van der Waals surface area (Å²) in [5.74, 6) is 2.23. The molecule has 1 saturated heterocycles. The molecule has 0 aromatic carbocycles. The second-order valence-corrected chi connectivity index (χ2v) is 8.88. The fourth-order valence-electron chi connectivity index (χ4n) is 6.91. The van der Waals surface area contributed by atoms with Gasteiger partial charge in [0.15, 0.2) is 5.78 Å². The summed E-state index contributed by atoms with van der Waals surface area (Å²) in [7, 11) is 0. The maximum atomic E-state index is 12.1. The van der Waals surface area contributed by atoms with Crippen LogP contribution in [0.25, 0.3) is 0 Å². The van der Waals surface area contributed by atoms with Crippen LogP contribution in [0, 0.1) is 34.5 Å². The Morgan fingerprint density at radius 1 is 1.29 bits per heavy atom. The number of hydrogen-bond donors (Lipinski definition) is 2. The van der Waals surface area contributed by atoms with Crippen molar-refractivity contribution >= 4 is 11.6 Å². The predicted octanol–water partition coefficient (Wildman–Crippen LogP) is 2.46. The normalized spacial score (nSPS) is 47.1. The van der Waals surface area contributed by atoms with Crippen LogP contribution < -0.4 is 5.32 Å². The van der Waals surface area contributed by atoms with Crippen molar-refractivity contribution in [3.63, 3.8) is 0 Å².